The van der Waals surface area contributed by atoms with Crippen LogP contribution in [0.2, 0.25) is 0 Å². The predicted molar refractivity (Wildman–Crippen MR) is 66.9 cm³/mol. The molecule has 18 heavy (non-hydrogen) atoms. The van der Waals surface area contributed by atoms with Crippen LogP contribution in [-0.4, -0.2) is 9.55 Å². The fourth-order valence-electron chi connectivity index (χ4n) is 1.72. The maximum atomic E-state index is 13.7. The monoisotopic (exact) mass is 251 g/mol. The third-order valence-electron chi connectivity index (χ3n) is 2.67. The van der Waals surface area contributed by atoms with Crippen molar-refractivity contribution in [2.24, 2.45) is 0 Å². The summed E-state index contributed by atoms with van der Waals surface area (Å²) in [6.07, 6.45) is 4.37. The van der Waals surface area contributed by atoms with Gasteiger partial charge >= 0.3 is 0 Å². The minimum absolute atomic E-state index is 0.0988. The van der Waals surface area contributed by atoms with E-state index in [0.717, 1.165) is 19.0 Å². The Balaban J connectivity index is 2.28. The molecule has 0 spiro atoms. The maximum absolute atomic E-state index is 13.7. The zero-order valence-electron chi connectivity index (χ0n) is 10.4. The topological polar surface area (TPSA) is 29.9 Å². The fraction of sp³-hybridized carbons (Fsp3) is 0.308. The molecule has 0 aliphatic rings. The predicted octanol–water partition coefficient (Wildman–Crippen LogP) is 3.62. The first-order chi connectivity index (χ1) is 8.61. The lowest BCUT2D eigenvalue weighted by Crippen LogP contribution is -2.04. The molecule has 1 aromatic heterocycles. The van der Waals surface area contributed by atoms with Crippen molar-refractivity contribution in [1.82, 2.24) is 9.55 Å². The molecular weight excluding hydrogens is 236 g/mol. The van der Waals surface area contributed by atoms with Gasteiger partial charge in [-0.1, -0.05) is 6.92 Å². The molecule has 0 unspecified atom stereocenters. The zero-order valence-corrected chi connectivity index (χ0v) is 10.4. The number of benzene rings is 1. The van der Waals surface area contributed by atoms with Gasteiger partial charge in [0.05, 0.1) is 5.69 Å². The van der Waals surface area contributed by atoms with E-state index in [4.69, 9.17) is 0 Å². The van der Waals surface area contributed by atoms with Gasteiger partial charge in [0.15, 0.2) is 0 Å². The molecule has 1 aromatic carbocycles. The van der Waals surface area contributed by atoms with E-state index in [1.165, 1.54) is 13.0 Å². The number of aromatic nitrogens is 2. The average Bonchev–Trinajstić information content (AvgIpc) is 2.74. The summed E-state index contributed by atoms with van der Waals surface area (Å²) in [7, 11) is 0. The second-order valence-electron chi connectivity index (χ2n) is 4.15. The lowest BCUT2D eigenvalue weighted by atomic mass is 10.2. The lowest BCUT2D eigenvalue weighted by molar-refractivity contribution is 0.595. The van der Waals surface area contributed by atoms with Gasteiger partial charge in [-0.05, 0) is 25.0 Å². The van der Waals surface area contributed by atoms with Crippen LogP contribution in [0.1, 0.15) is 18.9 Å². The molecule has 96 valence electrons. The van der Waals surface area contributed by atoms with Crippen molar-refractivity contribution in [3.63, 3.8) is 0 Å². The number of nitrogens with zero attached hydrogens (tertiary/aromatic N) is 2. The third-order valence-corrected chi connectivity index (χ3v) is 2.67. The zero-order chi connectivity index (χ0) is 13.1. The fourth-order valence-corrected chi connectivity index (χ4v) is 1.72. The number of imidazole rings is 1. The molecule has 0 aliphatic carbocycles. The average molecular weight is 251 g/mol. The van der Waals surface area contributed by atoms with E-state index in [1.807, 2.05) is 11.5 Å². The Morgan fingerprint density at radius 1 is 1.28 bits per heavy atom. The summed E-state index contributed by atoms with van der Waals surface area (Å²) in [5.41, 5.74) is 0.386. The van der Waals surface area contributed by atoms with Crippen molar-refractivity contribution < 1.29 is 8.78 Å². The summed E-state index contributed by atoms with van der Waals surface area (Å²) in [6.45, 7) is 4.34. The largest absolute Gasteiger partial charge is 0.323 e. The van der Waals surface area contributed by atoms with Crippen molar-refractivity contribution in [3.05, 3.63) is 41.7 Å². The van der Waals surface area contributed by atoms with Gasteiger partial charge in [0.2, 0.25) is 5.95 Å². The Morgan fingerprint density at radius 2 is 2.06 bits per heavy atom. The highest BCUT2D eigenvalue weighted by Gasteiger charge is 2.09. The number of rotatable bonds is 4. The van der Waals surface area contributed by atoms with Crippen molar-refractivity contribution >= 4 is 11.6 Å². The molecule has 3 nitrogen and oxygen atoms in total. The highest BCUT2D eigenvalue weighted by Crippen LogP contribution is 2.22. The van der Waals surface area contributed by atoms with E-state index in [-0.39, 0.29) is 11.3 Å². The first-order valence-electron chi connectivity index (χ1n) is 5.85. The molecule has 2 aromatic rings. The Hall–Kier alpha value is -1.91. The second kappa shape index (κ2) is 5.16. The van der Waals surface area contributed by atoms with Gasteiger partial charge in [-0.25, -0.2) is 13.8 Å². The number of hydrogen-bond donors (Lipinski definition) is 1. The molecule has 0 bridgehead atoms. The molecule has 0 amide bonds. The number of hydrogen-bond acceptors (Lipinski definition) is 2. The second-order valence-corrected chi connectivity index (χ2v) is 4.15. The molecule has 0 aliphatic heterocycles. The van der Waals surface area contributed by atoms with Crippen molar-refractivity contribution in [3.8, 4) is 0 Å². The van der Waals surface area contributed by atoms with Crippen LogP contribution in [0.25, 0.3) is 0 Å². The van der Waals surface area contributed by atoms with Crippen molar-refractivity contribution in [1.29, 1.82) is 0 Å². The summed E-state index contributed by atoms with van der Waals surface area (Å²) < 4.78 is 28.9. The molecule has 1 N–H and O–H groups in total. The molecule has 0 saturated heterocycles. The molecule has 5 heteroatoms. The highest BCUT2D eigenvalue weighted by molar-refractivity contribution is 5.55. The van der Waals surface area contributed by atoms with Gasteiger partial charge in [0.25, 0.3) is 0 Å². The van der Waals surface area contributed by atoms with E-state index in [2.05, 4.69) is 10.3 Å². The first kappa shape index (κ1) is 12.5. The summed E-state index contributed by atoms with van der Waals surface area (Å²) in [5, 5.41) is 2.81. The standard InChI is InChI=1S/C13H15F2N3/c1-3-5-18-6-4-16-13(18)17-12-8-10(14)9(2)7-11(12)15/h4,6-8H,3,5H2,1-2H3,(H,16,17). The minimum atomic E-state index is -0.486. The lowest BCUT2D eigenvalue weighted by Gasteiger charge is -2.10. The maximum Gasteiger partial charge on any atom is 0.207 e. The van der Waals surface area contributed by atoms with Crippen LogP contribution in [0.3, 0.4) is 0 Å². The van der Waals surface area contributed by atoms with E-state index >= 15 is 0 Å². The van der Waals surface area contributed by atoms with E-state index in [9.17, 15) is 8.78 Å². The number of anilines is 2. The van der Waals surface area contributed by atoms with Crippen LogP contribution in [0.4, 0.5) is 20.4 Å². The summed E-state index contributed by atoms with van der Waals surface area (Å²) in [5.74, 6) is -0.411. The van der Waals surface area contributed by atoms with Gasteiger partial charge in [-0.2, -0.15) is 0 Å². The molecule has 2 rings (SSSR count). The quantitative estimate of drug-likeness (QED) is 0.899. The molecule has 0 saturated carbocycles. The van der Waals surface area contributed by atoms with Crippen molar-refractivity contribution in [2.75, 3.05) is 5.32 Å². The molecule has 1 heterocycles. The van der Waals surface area contributed by atoms with Crippen molar-refractivity contribution in [2.45, 2.75) is 26.8 Å². The highest BCUT2D eigenvalue weighted by atomic mass is 19.1. The van der Waals surface area contributed by atoms with Gasteiger partial charge in [0.1, 0.15) is 11.6 Å². The van der Waals surface area contributed by atoms with Gasteiger partial charge in [0, 0.05) is 25.0 Å². The first-order valence-corrected chi connectivity index (χ1v) is 5.85. The van der Waals surface area contributed by atoms with Crippen LogP contribution in [0, 0.1) is 18.6 Å². The van der Waals surface area contributed by atoms with E-state index in [0.29, 0.717) is 5.95 Å². The smallest absolute Gasteiger partial charge is 0.207 e. The van der Waals surface area contributed by atoms with Gasteiger partial charge in [-0.15, -0.1) is 0 Å². The molecule has 0 fully saturated rings. The summed E-state index contributed by atoms with van der Waals surface area (Å²) in [6, 6.07) is 2.32. The Bertz CT molecular complexity index is 549. The van der Waals surface area contributed by atoms with Crippen LogP contribution in [-0.2, 0) is 6.54 Å². The molecule has 0 atom stereocenters. The van der Waals surface area contributed by atoms with Gasteiger partial charge < -0.3 is 9.88 Å². The SMILES string of the molecule is CCCn1ccnc1Nc1cc(F)c(C)cc1F. The number of nitrogens with one attached hydrogen (secondary N) is 1. The van der Waals surface area contributed by atoms with Crippen LogP contribution in [0.15, 0.2) is 24.5 Å². The summed E-state index contributed by atoms with van der Waals surface area (Å²) >= 11 is 0. The van der Waals surface area contributed by atoms with Crippen LogP contribution < -0.4 is 5.32 Å². The molecule has 0 radical (unpaired) electrons. The van der Waals surface area contributed by atoms with Gasteiger partial charge in [-0.3, -0.25) is 0 Å². The molecular formula is C13H15F2N3. The minimum Gasteiger partial charge on any atom is -0.323 e. The van der Waals surface area contributed by atoms with Crippen LogP contribution in [0.5, 0.6) is 0 Å². The third kappa shape index (κ3) is 2.50. The number of halogens is 2. The number of aryl methyl sites for hydroxylation is 2. The normalized spacial score (nSPS) is 10.7. The summed E-state index contributed by atoms with van der Waals surface area (Å²) in [4.78, 5) is 4.09. The Labute approximate surface area is 104 Å². The van der Waals surface area contributed by atoms with Crippen LogP contribution >= 0.6 is 0 Å². The Kier molecular flexibility index (Phi) is 3.60. The van der Waals surface area contributed by atoms with E-state index in [1.54, 1.807) is 12.4 Å². The Morgan fingerprint density at radius 3 is 2.78 bits per heavy atom. The van der Waals surface area contributed by atoms with E-state index < -0.39 is 11.6 Å².